The lowest BCUT2D eigenvalue weighted by Gasteiger charge is -2.18. The monoisotopic (exact) mass is 303 g/mol. The molecule has 0 saturated carbocycles. The lowest BCUT2D eigenvalue weighted by Crippen LogP contribution is -2.11. The molecule has 1 nitrogen and oxygen atoms in total. The SMILES string of the molecule is CC(Nc1c(F)cc(F)cc1Cl)c1cccc(F)c1F. The van der Waals surface area contributed by atoms with Crippen molar-refractivity contribution < 1.29 is 17.6 Å². The van der Waals surface area contributed by atoms with Crippen molar-refractivity contribution in [3.63, 3.8) is 0 Å². The number of nitrogens with one attached hydrogen (secondary N) is 1. The minimum Gasteiger partial charge on any atom is -0.375 e. The molecule has 0 amide bonds. The maximum atomic E-state index is 13.6. The third-order valence-corrected chi connectivity index (χ3v) is 3.11. The lowest BCUT2D eigenvalue weighted by molar-refractivity contribution is 0.494. The van der Waals surface area contributed by atoms with Crippen LogP contribution in [0.15, 0.2) is 30.3 Å². The van der Waals surface area contributed by atoms with Gasteiger partial charge in [0.2, 0.25) is 0 Å². The fourth-order valence-electron chi connectivity index (χ4n) is 1.83. The molecular weight excluding hydrogens is 294 g/mol. The first-order valence-electron chi connectivity index (χ1n) is 5.75. The Kier molecular flexibility index (Phi) is 4.18. The topological polar surface area (TPSA) is 12.0 Å². The highest BCUT2D eigenvalue weighted by Crippen LogP contribution is 2.30. The molecular formula is C14H10ClF4N. The Morgan fingerprint density at radius 3 is 2.40 bits per heavy atom. The number of hydrogen-bond donors (Lipinski definition) is 1. The van der Waals surface area contributed by atoms with Gasteiger partial charge < -0.3 is 5.32 Å². The average Bonchev–Trinajstić information content (AvgIpc) is 2.36. The van der Waals surface area contributed by atoms with Gasteiger partial charge in [0.05, 0.1) is 16.8 Å². The van der Waals surface area contributed by atoms with E-state index in [0.29, 0.717) is 6.07 Å². The number of anilines is 1. The smallest absolute Gasteiger partial charge is 0.164 e. The number of hydrogen-bond acceptors (Lipinski definition) is 1. The maximum Gasteiger partial charge on any atom is 0.164 e. The van der Waals surface area contributed by atoms with Crippen LogP contribution in [0.3, 0.4) is 0 Å². The highest BCUT2D eigenvalue weighted by molar-refractivity contribution is 6.33. The molecule has 0 bridgehead atoms. The molecule has 0 saturated heterocycles. The van der Waals surface area contributed by atoms with Crippen molar-refractivity contribution in [1.29, 1.82) is 0 Å². The minimum absolute atomic E-state index is 0.0183. The van der Waals surface area contributed by atoms with Gasteiger partial charge in [-0.3, -0.25) is 0 Å². The van der Waals surface area contributed by atoms with Gasteiger partial charge in [-0.15, -0.1) is 0 Å². The van der Waals surface area contributed by atoms with E-state index < -0.39 is 29.3 Å². The van der Waals surface area contributed by atoms with Gasteiger partial charge in [-0.25, -0.2) is 17.6 Å². The van der Waals surface area contributed by atoms with E-state index in [-0.39, 0.29) is 16.3 Å². The maximum absolute atomic E-state index is 13.6. The van der Waals surface area contributed by atoms with E-state index in [4.69, 9.17) is 11.6 Å². The van der Waals surface area contributed by atoms with Crippen LogP contribution < -0.4 is 5.32 Å². The minimum atomic E-state index is -1.02. The zero-order valence-corrected chi connectivity index (χ0v) is 11.1. The van der Waals surface area contributed by atoms with Gasteiger partial charge in [-0.1, -0.05) is 23.7 Å². The summed E-state index contributed by atoms with van der Waals surface area (Å²) < 4.78 is 53.3. The largest absolute Gasteiger partial charge is 0.375 e. The summed E-state index contributed by atoms with van der Waals surface area (Å²) in [6.45, 7) is 1.51. The molecule has 1 N–H and O–H groups in total. The predicted molar refractivity (Wildman–Crippen MR) is 69.8 cm³/mol. The fourth-order valence-corrected chi connectivity index (χ4v) is 2.08. The zero-order chi connectivity index (χ0) is 14.9. The Morgan fingerprint density at radius 1 is 1.05 bits per heavy atom. The molecule has 0 heterocycles. The van der Waals surface area contributed by atoms with Gasteiger partial charge in [0, 0.05) is 11.6 Å². The van der Waals surface area contributed by atoms with Gasteiger partial charge in [0.15, 0.2) is 17.5 Å². The van der Waals surface area contributed by atoms with Crippen LogP contribution >= 0.6 is 11.6 Å². The van der Waals surface area contributed by atoms with Crippen LogP contribution in [0, 0.1) is 23.3 Å². The summed E-state index contributed by atoms with van der Waals surface area (Å²) in [4.78, 5) is 0. The molecule has 1 atom stereocenters. The van der Waals surface area contributed by atoms with Crippen LogP contribution in [-0.4, -0.2) is 0 Å². The second-order valence-electron chi connectivity index (χ2n) is 4.25. The molecule has 0 aromatic heterocycles. The van der Waals surface area contributed by atoms with E-state index >= 15 is 0 Å². The van der Waals surface area contributed by atoms with Gasteiger partial charge in [-0.2, -0.15) is 0 Å². The summed E-state index contributed by atoms with van der Waals surface area (Å²) >= 11 is 5.73. The molecule has 2 aromatic rings. The number of halogens is 5. The van der Waals surface area contributed by atoms with Gasteiger partial charge in [0.1, 0.15) is 5.82 Å². The third-order valence-electron chi connectivity index (χ3n) is 2.82. The quantitative estimate of drug-likeness (QED) is 0.781. The molecule has 0 spiro atoms. The highest BCUT2D eigenvalue weighted by Gasteiger charge is 2.17. The summed E-state index contributed by atoms with van der Waals surface area (Å²) in [5.41, 5.74) is -0.144. The molecule has 0 radical (unpaired) electrons. The van der Waals surface area contributed by atoms with Crippen molar-refractivity contribution in [1.82, 2.24) is 0 Å². The lowest BCUT2D eigenvalue weighted by atomic mass is 10.1. The predicted octanol–water partition coefficient (Wildman–Crippen LogP) is 5.07. The second kappa shape index (κ2) is 5.71. The van der Waals surface area contributed by atoms with Crippen molar-refractivity contribution in [3.05, 3.63) is 64.2 Å². The van der Waals surface area contributed by atoms with Gasteiger partial charge in [0.25, 0.3) is 0 Å². The first-order valence-corrected chi connectivity index (χ1v) is 6.13. The molecule has 0 aliphatic carbocycles. The van der Waals surface area contributed by atoms with E-state index in [1.807, 2.05) is 0 Å². The van der Waals surface area contributed by atoms with Crippen molar-refractivity contribution in [2.45, 2.75) is 13.0 Å². The summed E-state index contributed by atoms with van der Waals surface area (Å²) in [6.07, 6.45) is 0. The fraction of sp³-hybridized carbons (Fsp3) is 0.143. The van der Waals surface area contributed by atoms with E-state index in [1.54, 1.807) is 0 Å². The average molecular weight is 304 g/mol. The molecule has 2 aromatic carbocycles. The molecule has 6 heteroatoms. The van der Waals surface area contributed by atoms with E-state index in [1.165, 1.54) is 19.1 Å². The molecule has 1 unspecified atom stereocenters. The van der Waals surface area contributed by atoms with Crippen molar-refractivity contribution in [2.75, 3.05) is 5.32 Å². The van der Waals surface area contributed by atoms with E-state index in [9.17, 15) is 17.6 Å². The van der Waals surface area contributed by atoms with Gasteiger partial charge >= 0.3 is 0 Å². The molecule has 0 aliphatic heterocycles. The third kappa shape index (κ3) is 2.88. The summed E-state index contributed by atoms with van der Waals surface area (Å²) in [7, 11) is 0. The Labute approximate surface area is 118 Å². The van der Waals surface area contributed by atoms with Crippen molar-refractivity contribution in [3.8, 4) is 0 Å². The Hall–Kier alpha value is -1.75. The van der Waals surface area contributed by atoms with Crippen LogP contribution in [0.25, 0.3) is 0 Å². The molecule has 2 rings (SSSR count). The zero-order valence-electron chi connectivity index (χ0n) is 10.4. The standard InChI is InChI=1S/C14H10ClF4N/c1-7(9-3-2-4-11(17)13(9)19)20-14-10(15)5-8(16)6-12(14)18/h2-7,20H,1H3. The number of rotatable bonds is 3. The van der Waals surface area contributed by atoms with Gasteiger partial charge in [-0.05, 0) is 19.1 Å². The molecule has 0 aliphatic rings. The summed E-state index contributed by atoms with van der Waals surface area (Å²) in [5, 5.41) is 2.43. The Morgan fingerprint density at radius 2 is 1.75 bits per heavy atom. The summed E-state index contributed by atoms with van der Waals surface area (Å²) in [5.74, 6) is -3.74. The van der Waals surface area contributed by atoms with Crippen LogP contribution in [0.4, 0.5) is 23.2 Å². The van der Waals surface area contributed by atoms with Crippen LogP contribution in [0.5, 0.6) is 0 Å². The van der Waals surface area contributed by atoms with Crippen LogP contribution in [0.2, 0.25) is 5.02 Å². The molecule has 106 valence electrons. The normalized spacial score (nSPS) is 12.3. The molecule has 20 heavy (non-hydrogen) atoms. The van der Waals surface area contributed by atoms with Crippen molar-refractivity contribution in [2.24, 2.45) is 0 Å². The van der Waals surface area contributed by atoms with Crippen LogP contribution in [0.1, 0.15) is 18.5 Å². The van der Waals surface area contributed by atoms with Crippen LogP contribution in [-0.2, 0) is 0 Å². The second-order valence-corrected chi connectivity index (χ2v) is 4.66. The Bertz CT molecular complexity index is 622. The van der Waals surface area contributed by atoms with Crippen molar-refractivity contribution >= 4 is 17.3 Å². The first kappa shape index (κ1) is 14.7. The summed E-state index contributed by atoms with van der Waals surface area (Å²) in [6, 6.07) is 4.53. The molecule has 0 fully saturated rings. The first-order chi connectivity index (χ1) is 9.40. The highest BCUT2D eigenvalue weighted by atomic mass is 35.5. The van der Waals surface area contributed by atoms with E-state index in [0.717, 1.165) is 12.1 Å². The number of benzene rings is 2. The van der Waals surface area contributed by atoms with E-state index in [2.05, 4.69) is 5.32 Å². The Balaban J connectivity index is 2.33.